The summed E-state index contributed by atoms with van der Waals surface area (Å²) in [5.41, 5.74) is 0. The van der Waals surface area contributed by atoms with E-state index in [-0.39, 0.29) is 0 Å². The summed E-state index contributed by atoms with van der Waals surface area (Å²) >= 11 is 35.7. The third kappa shape index (κ3) is 3.97. The Bertz CT molecular complexity index is 539. The lowest BCUT2D eigenvalue weighted by molar-refractivity contribution is -0.596. The molecule has 0 saturated heterocycles. The molecule has 0 N–H and O–H groups in total. The Morgan fingerprint density at radius 2 is 0.789 bits per heavy atom. The first kappa shape index (κ1) is 16.3. The first-order chi connectivity index (χ1) is 8.88. The minimum absolute atomic E-state index is 0.496. The molecule has 7 heteroatoms. The Kier molecular flexibility index (Phi) is 5.81. The van der Waals surface area contributed by atoms with Gasteiger partial charge < -0.3 is 0 Å². The molecule has 0 fully saturated rings. The van der Waals surface area contributed by atoms with Crippen molar-refractivity contribution in [2.24, 2.45) is 0 Å². The SMILES string of the molecule is Clc1cc(Cl)c([I+]c2c(Cl)cc(Cl)cc2Cl)c(Cl)c1. The van der Waals surface area contributed by atoms with Crippen LogP contribution >= 0.6 is 69.6 Å². The Labute approximate surface area is 151 Å². The van der Waals surface area contributed by atoms with Gasteiger partial charge in [0, 0.05) is 10.0 Å². The monoisotopic (exact) mass is 485 g/mol. The summed E-state index contributed by atoms with van der Waals surface area (Å²) in [4.78, 5) is 0. The third-order valence-corrected chi connectivity index (χ3v) is 8.39. The van der Waals surface area contributed by atoms with E-state index in [4.69, 9.17) is 69.6 Å². The van der Waals surface area contributed by atoms with Crippen LogP contribution in [0.15, 0.2) is 24.3 Å². The zero-order chi connectivity index (χ0) is 14.2. The summed E-state index contributed by atoms with van der Waals surface area (Å²) in [6, 6.07) is 6.62. The first-order valence-corrected chi connectivity index (χ1v) is 9.25. The Hall–Kier alpha value is 0.910. The summed E-state index contributed by atoms with van der Waals surface area (Å²) < 4.78 is 1.66. The number of rotatable bonds is 2. The van der Waals surface area contributed by atoms with Gasteiger partial charge in [0.2, 0.25) is 7.14 Å². The smallest absolute Gasteiger partial charge is 0.0842 e. The fraction of sp³-hybridized carbons (Fsp3) is 0. The first-order valence-electron chi connectivity index (χ1n) is 4.82. The molecule has 100 valence electrons. The van der Waals surface area contributed by atoms with E-state index in [9.17, 15) is 0 Å². The van der Waals surface area contributed by atoms with Gasteiger partial charge in [0.05, 0.1) is 20.1 Å². The lowest BCUT2D eigenvalue weighted by Gasteiger charge is -2.00. The molecule has 0 heterocycles. The van der Waals surface area contributed by atoms with Gasteiger partial charge in [-0.25, -0.2) is 0 Å². The molecular weight excluding hydrogens is 484 g/mol. The van der Waals surface area contributed by atoms with E-state index in [1.165, 1.54) is 0 Å². The molecule has 0 aromatic heterocycles. The minimum atomic E-state index is -0.729. The molecule has 0 saturated carbocycles. The van der Waals surface area contributed by atoms with Crippen molar-refractivity contribution >= 4 is 69.6 Å². The van der Waals surface area contributed by atoms with Crippen LogP contribution in [0.3, 0.4) is 0 Å². The predicted molar refractivity (Wildman–Crippen MR) is 80.3 cm³/mol. The average Bonchev–Trinajstić information content (AvgIpc) is 2.25. The van der Waals surface area contributed by atoms with E-state index in [0.29, 0.717) is 30.1 Å². The second kappa shape index (κ2) is 6.78. The van der Waals surface area contributed by atoms with Crippen LogP contribution < -0.4 is 21.2 Å². The van der Waals surface area contributed by atoms with Gasteiger partial charge in [0.25, 0.3) is 0 Å². The van der Waals surface area contributed by atoms with Crippen molar-refractivity contribution < 1.29 is 21.2 Å². The summed E-state index contributed by atoms with van der Waals surface area (Å²) in [6.07, 6.45) is 0. The summed E-state index contributed by atoms with van der Waals surface area (Å²) in [5.74, 6) is 0. The quantitative estimate of drug-likeness (QED) is 0.344. The molecule has 0 bridgehead atoms. The highest BCUT2D eigenvalue weighted by Crippen LogP contribution is 2.25. The standard InChI is InChI=1S/C12H4Cl6I/c13-5-1-7(15)11(8(16)2-5)19-12-9(17)3-6(14)4-10(12)18/h1-4H/q+1. The van der Waals surface area contributed by atoms with Crippen LogP contribution in [0.2, 0.25) is 30.1 Å². The average molecular weight is 488 g/mol. The fourth-order valence-electron chi connectivity index (χ4n) is 1.32. The van der Waals surface area contributed by atoms with Gasteiger partial charge in [-0.2, -0.15) is 0 Å². The Morgan fingerprint density at radius 3 is 1.05 bits per heavy atom. The van der Waals surface area contributed by atoms with Gasteiger partial charge in [-0.05, 0) is 24.3 Å². The van der Waals surface area contributed by atoms with Crippen molar-refractivity contribution in [1.82, 2.24) is 0 Å². The van der Waals surface area contributed by atoms with Crippen molar-refractivity contribution in [1.29, 1.82) is 0 Å². The molecule has 0 spiro atoms. The Morgan fingerprint density at radius 1 is 0.526 bits per heavy atom. The molecule has 19 heavy (non-hydrogen) atoms. The molecular formula is C12H4Cl6I+. The van der Waals surface area contributed by atoms with Gasteiger partial charge in [-0.3, -0.25) is 0 Å². The summed E-state index contributed by atoms with van der Waals surface area (Å²) in [7, 11) is 0. The second-order valence-electron chi connectivity index (χ2n) is 3.46. The number of hydrogen-bond acceptors (Lipinski definition) is 0. The van der Waals surface area contributed by atoms with Crippen molar-refractivity contribution in [2.45, 2.75) is 0 Å². The predicted octanol–water partition coefficient (Wildman–Crippen LogP) is 3.74. The highest BCUT2D eigenvalue weighted by molar-refractivity contribution is 6.39. The van der Waals surface area contributed by atoms with Crippen LogP contribution in [0.25, 0.3) is 0 Å². The van der Waals surface area contributed by atoms with Crippen LogP contribution in [0, 0.1) is 7.14 Å². The topological polar surface area (TPSA) is 0 Å². The van der Waals surface area contributed by atoms with Crippen LogP contribution in [0.1, 0.15) is 0 Å². The van der Waals surface area contributed by atoms with Crippen molar-refractivity contribution in [3.05, 3.63) is 61.5 Å². The van der Waals surface area contributed by atoms with E-state index < -0.39 is 21.2 Å². The highest BCUT2D eigenvalue weighted by atomic mass is 127. The fourth-order valence-corrected chi connectivity index (χ4v) is 6.11. The second-order valence-corrected chi connectivity index (χ2v) is 8.66. The molecule has 0 aliphatic rings. The molecule has 0 atom stereocenters. The maximum Gasteiger partial charge on any atom is 0.364 e. The normalized spacial score (nSPS) is 10.8. The van der Waals surface area contributed by atoms with E-state index in [0.717, 1.165) is 7.14 Å². The molecule has 0 radical (unpaired) electrons. The number of hydrogen-bond donors (Lipinski definition) is 0. The lowest BCUT2D eigenvalue weighted by Crippen LogP contribution is -3.62. The van der Waals surface area contributed by atoms with Crippen molar-refractivity contribution in [3.8, 4) is 0 Å². The van der Waals surface area contributed by atoms with Crippen molar-refractivity contribution in [2.75, 3.05) is 0 Å². The maximum atomic E-state index is 6.17. The highest BCUT2D eigenvalue weighted by Gasteiger charge is 2.29. The van der Waals surface area contributed by atoms with E-state index in [1.807, 2.05) is 0 Å². The molecule has 0 aliphatic heterocycles. The van der Waals surface area contributed by atoms with Gasteiger partial charge in [0.1, 0.15) is 0 Å². The zero-order valence-electron chi connectivity index (χ0n) is 8.96. The van der Waals surface area contributed by atoms with Crippen LogP contribution in [0.4, 0.5) is 0 Å². The van der Waals surface area contributed by atoms with Crippen LogP contribution in [-0.2, 0) is 0 Å². The van der Waals surface area contributed by atoms with E-state index in [1.54, 1.807) is 24.3 Å². The molecule has 2 rings (SSSR count). The van der Waals surface area contributed by atoms with E-state index in [2.05, 4.69) is 0 Å². The number of halogens is 7. The molecule has 0 unspecified atom stereocenters. The van der Waals surface area contributed by atoms with Crippen LogP contribution in [0.5, 0.6) is 0 Å². The van der Waals surface area contributed by atoms with E-state index >= 15 is 0 Å². The van der Waals surface area contributed by atoms with Gasteiger partial charge in [-0.15, -0.1) is 0 Å². The summed E-state index contributed by atoms with van der Waals surface area (Å²) in [6.45, 7) is 0. The summed E-state index contributed by atoms with van der Waals surface area (Å²) in [5, 5.41) is 3.08. The molecule has 0 amide bonds. The Balaban J connectivity index is 2.48. The van der Waals surface area contributed by atoms with Gasteiger partial charge in [0.15, 0.2) is 0 Å². The molecule has 2 aromatic rings. The largest absolute Gasteiger partial charge is 0.364 e. The molecule has 0 aliphatic carbocycles. The van der Waals surface area contributed by atoms with Gasteiger partial charge >= 0.3 is 21.2 Å². The molecule has 2 aromatic carbocycles. The van der Waals surface area contributed by atoms with Crippen LogP contribution in [-0.4, -0.2) is 0 Å². The molecule has 0 nitrogen and oxygen atoms in total. The van der Waals surface area contributed by atoms with Crippen molar-refractivity contribution in [3.63, 3.8) is 0 Å². The zero-order valence-corrected chi connectivity index (χ0v) is 15.6. The minimum Gasteiger partial charge on any atom is -0.0842 e. The lowest BCUT2D eigenvalue weighted by atomic mass is 10.4. The van der Waals surface area contributed by atoms with Gasteiger partial charge in [-0.1, -0.05) is 69.6 Å². The maximum absolute atomic E-state index is 6.17. The third-order valence-electron chi connectivity index (χ3n) is 2.09. The number of benzene rings is 2.